The highest BCUT2D eigenvalue weighted by atomic mass is 19.1. The molecule has 7 heteroatoms. The lowest BCUT2D eigenvalue weighted by atomic mass is 9.97. The molecule has 1 unspecified atom stereocenters. The molecule has 0 radical (unpaired) electrons. The molecule has 2 aromatic carbocycles. The number of hydrogen-bond donors (Lipinski definition) is 3. The third kappa shape index (κ3) is 4.61. The Morgan fingerprint density at radius 3 is 2.48 bits per heavy atom. The average molecular weight is 423 g/mol. The fraction of sp³-hybridized carbons (Fsp3) is 0.333. The number of urea groups is 1. The van der Waals surface area contributed by atoms with Crippen LogP contribution in [0.15, 0.2) is 48.5 Å². The van der Waals surface area contributed by atoms with Crippen LogP contribution < -0.4 is 10.6 Å². The lowest BCUT2D eigenvalue weighted by molar-refractivity contribution is 0.0791. The summed E-state index contributed by atoms with van der Waals surface area (Å²) in [7, 11) is 0. The normalized spacial score (nSPS) is 16.2. The summed E-state index contributed by atoms with van der Waals surface area (Å²) in [5.41, 5.74) is 3.18. The van der Waals surface area contributed by atoms with Crippen LogP contribution in [0, 0.1) is 12.7 Å². The summed E-state index contributed by atoms with van der Waals surface area (Å²) in [6.07, 6.45) is 1.53. The van der Waals surface area contributed by atoms with Crippen LogP contribution >= 0.6 is 0 Å². The zero-order valence-corrected chi connectivity index (χ0v) is 17.7. The number of aromatic nitrogens is 1. The molecule has 162 valence electrons. The molecule has 1 aromatic heterocycles. The van der Waals surface area contributed by atoms with E-state index in [2.05, 4.69) is 20.5 Å². The number of hydrogen-bond acceptors (Lipinski definition) is 3. The fourth-order valence-electron chi connectivity index (χ4n) is 4.29. The molecule has 0 spiro atoms. The highest BCUT2D eigenvalue weighted by molar-refractivity contribution is 6.11. The van der Waals surface area contributed by atoms with Crippen LogP contribution in [0.4, 0.5) is 14.9 Å². The molecular formula is C24H27FN4O2. The third-order valence-electron chi connectivity index (χ3n) is 6.03. The minimum Gasteiger partial charge on any atom is -0.358 e. The molecular weight excluding hydrogens is 395 g/mol. The quantitative estimate of drug-likeness (QED) is 0.531. The number of likely N-dealkylation sites (tertiary alicyclic amines) is 1. The number of nitrogens with one attached hydrogen (secondary N) is 3. The molecule has 1 aliphatic heterocycles. The van der Waals surface area contributed by atoms with Crippen molar-refractivity contribution >= 4 is 28.4 Å². The van der Waals surface area contributed by atoms with E-state index in [-0.39, 0.29) is 29.7 Å². The van der Waals surface area contributed by atoms with Crippen molar-refractivity contribution in [3.8, 4) is 0 Å². The number of anilines is 1. The van der Waals surface area contributed by atoms with Crippen LogP contribution in [0.2, 0.25) is 0 Å². The number of H-pyrrole nitrogens is 1. The Bertz CT molecular complexity index is 1080. The Morgan fingerprint density at radius 1 is 1.10 bits per heavy atom. The molecule has 3 aromatic rings. The van der Waals surface area contributed by atoms with Crippen molar-refractivity contribution in [2.24, 2.45) is 0 Å². The summed E-state index contributed by atoms with van der Waals surface area (Å²) < 4.78 is 13.0. The SMILES string of the molecule is Cc1[nH]c2ccccc2c1C(=O)C(C)N1CCC(NC(=O)Nc2ccc(F)cc2)CC1. The van der Waals surface area contributed by atoms with Gasteiger partial charge < -0.3 is 15.6 Å². The van der Waals surface area contributed by atoms with E-state index in [0.29, 0.717) is 5.69 Å². The molecule has 1 aliphatic rings. The van der Waals surface area contributed by atoms with Crippen LogP contribution in [0.25, 0.3) is 10.9 Å². The summed E-state index contributed by atoms with van der Waals surface area (Å²) in [5.74, 6) is -0.222. The number of nitrogens with zero attached hydrogens (tertiary/aromatic N) is 1. The van der Waals surface area contributed by atoms with E-state index in [0.717, 1.165) is 48.1 Å². The Hall–Kier alpha value is -3.19. The zero-order chi connectivity index (χ0) is 22.0. The Balaban J connectivity index is 1.32. The van der Waals surface area contributed by atoms with Gasteiger partial charge in [0.05, 0.1) is 6.04 Å². The van der Waals surface area contributed by atoms with Gasteiger partial charge in [0, 0.05) is 47.0 Å². The van der Waals surface area contributed by atoms with Crippen molar-refractivity contribution in [3.05, 3.63) is 65.6 Å². The average Bonchev–Trinajstić information content (AvgIpc) is 3.10. The lowest BCUT2D eigenvalue weighted by Crippen LogP contribution is -2.50. The Labute approximate surface area is 180 Å². The van der Waals surface area contributed by atoms with Gasteiger partial charge in [0.1, 0.15) is 5.82 Å². The highest BCUT2D eigenvalue weighted by Crippen LogP contribution is 2.25. The van der Waals surface area contributed by atoms with Crippen molar-refractivity contribution in [3.63, 3.8) is 0 Å². The topological polar surface area (TPSA) is 77.2 Å². The van der Waals surface area contributed by atoms with Crippen molar-refractivity contribution in [1.29, 1.82) is 0 Å². The molecule has 0 bridgehead atoms. The minimum atomic E-state index is -0.343. The van der Waals surface area contributed by atoms with E-state index >= 15 is 0 Å². The largest absolute Gasteiger partial charge is 0.358 e. The molecule has 2 heterocycles. The van der Waals surface area contributed by atoms with Gasteiger partial charge in [0.15, 0.2) is 5.78 Å². The van der Waals surface area contributed by atoms with E-state index in [1.54, 1.807) is 0 Å². The molecule has 2 amide bonds. The van der Waals surface area contributed by atoms with Gasteiger partial charge in [-0.25, -0.2) is 9.18 Å². The first-order chi connectivity index (χ1) is 14.9. The third-order valence-corrected chi connectivity index (χ3v) is 6.03. The monoisotopic (exact) mass is 422 g/mol. The van der Waals surface area contributed by atoms with Crippen LogP contribution in [-0.4, -0.2) is 46.9 Å². The van der Waals surface area contributed by atoms with Gasteiger partial charge in [0.25, 0.3) is 0 Å². The van der Waals surface area contributed by atoms with Crippen molar-refractivity contribution in [1.82, 2.24) is 15.2 Å². The van der Waals surface area contributed by atoms with Gasteiger partial charge >= 0.3 is 6.03 Å². The number of carbonyl (C=O) groups excluding carboxylic acids is 2. The number of para-hydroxylation sites is 1. The molecule has 31 heavy (non-hydrogen) atoms. The fourth-order valence-corrected chi connectivity index (χ4v) is 4.29. The number of Topliss-reactive ketones (excluding diaryl/α,β-unsaturated/α-hetero) is 1. The van der Waals surface area contributed by atoms with E-state index in [9.17, 15) is 14.0 Å². The molecule has 0 aliphatic carbocycles. The molecule has 1 atom stereocenters. The van der Waals surface area contributed by atoms with Gasteiger partial charge in [-0.05, 0) is 57.0 Å². The summed E-state index contributed by atoms with van der Waals surface area (Å²) in [6, 6.07) is 13.0. The predicted octanol–water partition coefficient (Wildman–Crippen LogP) is 4.47. The first kappa shape index (κ1) is 21.1. The Morgan fingerprint density at radius 2 is 1.77 bits per heavy atom. The molecule has 1 saturated heterocycles. The minimum absolute atomic E-state index is 0.0359. The second kappa shape index (κ2) is 8.89. The molecule has 1 fully saturated rings. The number of rotatable bonds is 5. The van der Waals surface area contributed by atoms with Crippen molar-refractivity contribution in [2.75, 3.05) is 18.4 Å². The van der Waals surface area contributed by atoms with E-state index < -0.39 is 0 Å². The van der Waals surface area contributed by atoms with Gasteiger partial charge in [-0.3, -0.25) is 9.69 Å². The Kier molecular flexibility index (Phi) is 6.04. The summed E-state index contributed by atoms with van der Waals surface area (Å²) >= 11 is 0. The number of piperidine rings is 1. The van der Waals surface area contributed by atoms with Gasteiger partial charge in [-0.1, -0.05) is 18.2 Å². The maximum Gasteiger partial charge on any atom is 0.319 e. The van der Waals surface area contributed by atoms with Crippen molar-refractivity contribution in [2.45, 2.75) is 38.8 Å². The smallest absolute Gasteiger partial charge is 0.319 e. The first-order valence-corrected chi connectivity index (χ1v) is 10.6. The van der Waals surface area contributed by atoms with Crippen LogP contribution in [-0.2, 0) is 0 Å². The van der Waals surface area contributed by atoms with Crippen molar-refractivity contribution < 1.29 is 14.0 Å². The predicted molar refractivity (Wildman–Crippen MR) is 120 cm³/mol. The molecule has 3 N–H and O–H groups in total. The number of halogens is 1. The number of aromatic amines is 1. The molecule has 0 saturated carbocycles. The summed E-state index contributed by atoms with van der Waals surface area (Å²) in [6.45, 7) is 5.36. The van der Waals surface area contributed by atoms with E-state index in [1.165, 1.54) is 24.3 Å². The second-order valence-corrected chi connectivity index (χ2v) is 8.13. The van der Waals surface area contributed by atoms with Crippen LogP contribution in [0.5, 0.6) is 0 Å². The van der Waals surface area contributed by atoms with E-state index in [4.69, 9.17) is 0 Å². The van der Waals surface area contributed by atoms with Gasteiger partial charge in [-0.2, -0.15) is 0 Å². The van der Waals surface area contributed by atoms with Gasteiger partial charge in [-0.15, -0.1) is 0 Å². The lowest BCUT2D eigenvalue weighted by Gasteiger charge is -2.35. The maximum absolute atomic E-state index is 13.3. The maximum atomic E-state index is 13.3. The zero-order valence-electron chi connectivity index (χ0n) is 17.7. The summed E-state index contributed by atoms with van der Waals surface area (Å²) in [5, 5.41) is 6.66. The molecule has 6 nitrogen and oxygen atoms in total. The molecule has 4 rings (SSSR count). The van der Waals surface area contributed by atoms with Crippen LogP contribution in [0.3, 0.4) is 0 Å². The number of carbonyl (C=O) groups is 2. The number of aryl methyl sites for hydroxylation is 1. The van der Waals surface area contributed by atoms with Crippen LogP contribution in [0.1, 0.15) is 35.8 Å². The van der Waals surface area contributed by atoms with E-state index in [1.807, 2.05) is 38.1 Å². The number of amides is 2. The highest BCUT2D eigenvalue weighted by Gasteiger charge is 2.29. The number of fused-ring (bicyclic) bond motifs is 1. The number of benzene rings is 2. The number of ketones is 1. The first-order valence-electron chi connectivity index (χ1n) is 10.6. The standard InChI is InChI=1S/C24H27FN4O2/c1-15-22(20-5-3-4-6-21(20)26-15)23(30)16(2)29-13-11-19(12-14-29)28-24(31)27-18-9-7-17(25)8-10-18/h3-10,16,19,26H,11-14H2,1-2H3,(H2,27,28,31). The second-order valence-electron chi connectivity index (χ2n) is 8.13. The summed E-state index contributed by atoms with van der Waals surface area (Å²) in [4.78, 5) is 31.0. The van der Waals surface area contributed by atoms with Gasteiger partial charge in [0.2, 0.25) is 0 Å².